The Morgan fingerprint density at radius 2 is 1.83 bits per heavy atom. The summed E-state index contributed by atoms with van der Waals surface area (Å²) in [4.78, 5) is 17.3. The number of hydrazone groups is 1. The summed E-state index contributed by atoms with van der Waals surface area (Å²) >= 11 is 0. The molecule has 0 aliphatic carbocycles. The molecular formula is C26H22N4O5S. The van der Waals surface area contributed by atoms with Gasteiger partial charge in [-0.15, -0.1) is 0 Å². The molecule has 36 heavy (non-hydrogen) atoms. The lowest BCUT2D eigenvalue weighted by atomic mass is 10.2. The number of carbonyl (C=O) groups excluding carboxylic acids is 1. The van der Waals surface area contributed by atoms with Crippen LogP contribution in [0.3, 0.4) is 0 Å². The number of amides is 1. The highest BCUT2D eigenvalue weighted by atomic mass is 32.2. The molecule has 9 nitrogen and oxygen atoms in total. The van der Waals surface area contributed by atoms with Crippen molar-refractivity contribution in [2.24, 2.45) is 5.10 Å². The molecule has 0 radical (unpaired) electrons. The normalized spacial score (nSPS) is 12.7. The van der Waals surface area contributed by atoms with Crippen LogP contribution in [0.1, 0.15) is 11.1 Å². The number of para-hydroxylation sites is 1. The largest absolute Gasteiger partial charge is 0.454 e. The molecule has 0 unspecified atom stereocenters. The number of aromatic nitrogens is 1. The highest BCUT2D eigenvalue weighted by Crippen LogP contribution is 2.32. The number of rotatable bonds is 7. The van der Waals surface area contributed by atoms with Crippen LogP contribution in [0.25, 0.3) is 10.9 Å². The van der Waals surface area contributed by atoms with Crippen LogP contribution in [-0.2, 0) is 14.8 Å². The lowest BCUT2D eigenvalue weighted by Gasteiger charge is -2.24. The maximum atomic E-state index is 13.7. The summed E-state index contributed by atoms with van der Waals surface area (Å²) in [6, 6.07) is 20.5. The molecule has 2 heterocycles. The predicted molar refractivity (Wildman–Crippen MR) is 136 cm³/mol. The van der Waals surface area contributed by atoms with Gasteiger partial charge in [0.05, 0.1) is 22.3 Å². The van der Waals surface area contributed by atoms with Crippen LogP contribution in [-0.4, -0.2) is 38.9 Å². The van der Waals surface area contributed by atoms with Crippen molar-refractivity contribution >= 4 is 38.7 Å². The Labute approximate surface area is 208 Å². The Kier molecular flexibility index (Phi) is 6.26. The Balaban J connectivity index is 1.43. The number of sulfonamides is 1. The van der Waals surface area contributed by atoms with Crippen molar-refractivity contribution in [1.82, 2.24) is 10.4 Å². The summed E-state index contributed by atoms with van der Waals surface area (Å²) in [5.74, 6) is 0.608. The highest BCUT2D eigenvalue weighted by Gasteiger charge is 2.29. The number of hydrogen-bond donors (Lipinski definition) is 1. The summed E-state index contributed by atoms with van der Waals surface area (Å²) in [7, 11) is -4.09. The zero-order chi connectivity index (χ0) is 25.1. The lowest BCUT2D eigenvalue weighted by molar-refractivity contribution is -0.119. The van der Waals surface area contributed by atoms with Gasteiger partial charge in [0.1, 0.15) is 6.54 Å². The highest BCUT2D eigenvalue weighted by molar-refractivity contribution is 7.92. The summed E-state index contributed by atoms with van der Waals surface area (Å²) in [6.45, 7) is 1.53. The molecule has 0 spiro atoms. The Morgan fingerprint density at radius 3 is 2.67 bits per heavy atom. The molecule has 5 rings (SSSR count). The van der Waals surface area contributed by atoms with Crippen LogP contribution in [0.15, 0.2) is 89.0 Å². The van der Waals surface area contributed by atoms with Crippen LogP contribution < -0.4 is 19.2 Å². The van der Waals surface area contributed by atoms with Crippen LogP contribution >= 0.6 is 0 Å². The average Bonchev–Trinajstić information content (AvgIpc) is 3.35. The number of anilines is 1. The second-order valence-corrected chi connectivity index (χ2v) is 9.95. The van der Waals surface area contributed by atoms with Crippen molar-refractivity contribution < 1.29 is 22.7 Å². The average molecular weight is 503 g/mol. The van der Waals surface area contributed by atoms with Gasteiger partial charge in [0.2, 0.25) is 6.79 Å². The standard InChI is InChI=1S/C26H22N4O5S/c1-18-7-10-21(11-8-18)36(32,33)30(22-6-2-4-20-5-3-13-27-26(20)22)16-25(31)29-28-15-19-9-12-23-24(14-19)35-17-34-23/h2-15H,16-17H2,1H3,(H,29,31)/b28-15-. The molecule has 0 bridgehead atoms. The van der Waals surface area contributed by atoms with Gasteiger partial charge >= 0.3 is 0 Å². The lowest BCUT2D eigenvalue weighted by Crippen LogP contribution is -2.39. The first-order valence-electron chi connectivity index (χ1n) is 11.1. The van der Waals surface area contributed by atoms with E-state index in [1.54, 1.807) is 54.7 Å². The van der Waals surface area contributed by atoms with E-state index < -0.39 is 22.5 Å². The van der Waals surface area contributed by atoms with Crippen LogP contribution in [0.4, 0.5) is 5.69 Å². The molecule has 4 aromatic rings. The first-order chi connectivity index (χ1) is 17.4. The molecule has 0 saturated heterocycles. The van der Waals surface area contributed by atoms with Gasteiger partial charge in [0, 0.05) is 11.6 Å². The van der Waals surface area contributed by atoms with Crippen molar-refractivity contribution in [3.05, 3.63) is 90.1 Å². The van der Waals surface area contributed by atoms with E-state index >= 15 is 0 Å². The SMILES string of the molecule is Cc1ccc(S(=O)(=O)N(CC(=O)N/N=C\c2ccc3c(c2)OCO3)c2cccc3cccnc23)cc1. The number of benzene rings is 3. The first-order valence-corrected chi connectivity index (χ1v) is 12.5. The van der Waals surface area contributed by atoms with E-state index in [2.05, 4.69) is 15.5 Å². The van der Waals surface area contributed by atoms with Crippen molar-refractivity contribution in [3.8, 4) is 11.5 Å². The third kappa shape index (κ3) is 4.71. The third-order valence-electron chi connectivity index (χ3n) is 5.58. The van der Waals surface area contributed by atoms with Gasteiger partial charge in [-0.05, 0) is 55.0 Å². The van der Waals surface area contributed by atoms with E-state index in [4.69, 9.17) is 9.47 Å². The minimum atomic E-state index is -4.09. The molecule has 182 valence electrons. The van der Waals surface area contributed by atoms with Crippen LogP contribution in [0.5, 0.6) is 11.5 Å². The van der Waals surface area contributed by atoms with Crippen LogP contribution in [0.2, 0.25) is 0 Å². The number of hydrogen-bond acceptors (Lipinski definition) is 7. The topological polar surface area (TPSA) is 110 Å². The molecular weight excluding hydrogens is 480 g/mol. The maximum absolute atomic E-state index is 13.7. The molecule has 0 atom stereocenters. The number of ether oxygens (including phenoxy) is 2. The summed E-state index contributed by atoms with van der Waals surface area (Å²) in [6.07, 6.45) is 3.02. The van der Waals surface area contributed by atoms with Gasteiger partial charge in [-0.3, -0.25) is 14.1 Å². The first kappa shape index (κ1) is 23.3. The zero-order valence-electron chi connectivity index (χ0n) is 19.3. The van der Waals surface area contributed by atoms with E-state index in [9.17, 15) is 13.2 Å². The molecule has 1 aliphatic rings. The van der Waals surface area contributed by atoms with Gasteiger partial charge in [-0.1, -0.05) is 35.9 Å². The summed E-state index contributed by atoms with van der Waals surface area (Å²) < 4.78 is 39.0. The summed E-state index contributed by atoms with van der Waals surface area (Å²) in [5.41, 5.74) is 4.77. The second kappa shape index (κ2) is 9.67. The second-order valence-electron chi connectivity index (χ2n) is 8.08. The van der Waals surface area contributed by atoms with Gasteiger partial charge in [0.15, 0.2) is 11.5 Å². The zero-order valence-corrected chi connectivity index (χ0v) is 20.1. The molecule has 1 aromatic heterocycles. The molecule has 0 fully saturated rings. The van der Waals surface area contributed by atoms with Crippen molar-refractivity contribution in [3.63, 3.8) is 0 Å². The molecule has 10 heteroatoms. The monoisotopic (exact) mass is 502 g/mol. The van der Waals surface area contributed by atoms with Crippen molar-refractivity contribution in [2.45, 2.75) is 11.8 Å². The van der Waals surface area contributed by atoms with Gasteiger partial charge in [-0.25, -0.2) is 13.8 Å². The molecule has 1 aliphatic heterocycles. The van der Waals surface area contributed by atoms with Crippen LogP contribution in [0, 0.1) is 6.92 Å². The third-order valence-corrected chi connectivity index (χ3v) is 7.35. The predicted octanol–water partition coefficient (Wildman–Crippen LogP) is 3.62. The molecule has 0 saturated carbocycles. The number of carbonyl (C=O) groups is 1. The van der Waals surface area contributed by atoms with E-state index in [1.807, 2.05) is 19.1 Å². The fourth-order valence-electron chi connectivity index (χ4n) is 3.76. The Bertz CT molecular complexity index is 1560. The van der Waals surface area contributed by atoms with Crippen molar-refractivity contribution in [1.29, 1.82) is 0 Å². The Hall–Kier alpha value is -4.44. The van der Waals surface area contributed by atoms with E-state index in [0.29, 0.717) is 28.3 Å². The maximum Gasteiger partial charge on any atom is 0.264 e. The quantitative estimate of drug-likeness (QED) is 0.305. The van der Waals surface area contributed by atoms with E-state index in [-0.39, 0.29) is 11.7 Å². The van der Waals surface area contributed by atoms with E-state index in [1.165, 1.54) is 18.3 Å². The smallest absolute Gasteiger partial charge is 0.264 e. The van der Waals surface area contributed by atoms with Crippen molar-refractivity contribution in [2.75, 3.05) is 17.6 Å². The van der Waals surface area contributed by atoms with Gasteiger partial charge in [0.25, 0.3) is 15.9 Å². The molecule has 3 aromatic carbocycles. The van der Waals surface area contributed by atoms with E-state index in [0.717, 1.165) is 15.3 Å². The molecule has 1 amide bonds. The number of nitrogens with zero attached hydrogens (tertiary/aromatic N) is 3. The number of fused-ring (bicyclic) bond motifs is 2. The minimum Gasteiger partial charge on any atom is -0.454 e. The molecule has 1 N–H and O–H groups in total. The minimum absolute atomic E-state index is 0.0673. The van der Waals surface area contributed by atoms with Gasteiger partial charge < -0.3 is 9.47 Å². The fourth-order valence-corrected chi connectivity index (χ4v) is 5.19. The Morgan fingerprint density at radius 1 is 1.06 bits per heavy atom. The van der Waals surface area contributed by atoms with Gasteiger partial charge in [-0.2, -0.15) is 5.10 Å². The number of aryl methyl sites for hydroxylation is 1. The summed E-state index contributed by atoms with van der Waals surface area (Å²) in [5, 5.41) is 4.73. The number of nitrogens with one attached hydrogen (secondary N) is 1. The number of pyridine rings is 1. The fraction of sp³-hybridized carbons (Fsp3) is 0.115.